The SMILES string of the molecule is CC(N)(Cc1ccc(O)c(Br)c1)C(=O)O. The van der Waals surface area contributed by atoms with E-state index in [2.05, 4.69) is 15.9 Å². The number of phenols is 1. The fourth-order valence-corrected chi connectivity index (χ4v) is 1.59. The van der Waals surface area contributed by atoms with Crippen LogP contribution in [0.1, 0.15) is 12.5 Å². The highest BCUT2D eigenvalue weighted by molar-refractivity contribution is 9.10. The summed E-state index contributed by atoms with van der Waals surface area (Å²) in [4.78, 5) is 10.8. The summed E-state index contributed by atoms with van der Waals surface area (Å²) in [5, 5.41) is 18.1. The monoisotopic (exact) mass is 273 g/mol. The number of carboxylic acids is 1. The third-order valence-electron chi connectivity index (χ3n) is 2.07. The number of benzene rings is 1. The van der Waals surface area contributed by atoms with Gasteiger partial charge in [0.25, 0.3) is 0 Å². The minimum atomic E-state index is -1.30. The van der Waals surface area contributed by atoms with Gasteiger partial charge in [0.2, 0.25) is 0 Å². The highest BCUT2D eigenvalue weighted by Crippen LogP contribution is 2.25. The lowest BCUT2D eigenvalue weighted by Gasteiger charge is -2.19. The average molecular weight is 274 g/mol. The van der Waals surface area contributed by atoms with E-state index in [1.807, 2.05) is 0 Å². The molecule has 4 N–H and O–H groups in total. The van der Waals surface area contributed by atoms with Gasteiger partial charge in [-0.15, -0.1) is 0 Å². The summed E-state index contributed by atoms with van der Waals surface area (Å²) in [5.41, 5.74) is 5.06. The molecule has 1 rings (SSSR count). The molecule has 1 aromatic rings. The van der Waals surface area contributed by atoms with Crippen molar-refractivity contribution in [2.45, 2.75) is 18.9 Å². The lowest BCUT2D eigenvalue weighted by Crippen LogP contribution is -2.46. The van der Waals surface area contributed by atoms with E-state index in [1.54, 1.807) is 12.1 Å². The van der Waals surface area contributed by atoms with Gasteiger partial charge in [-0.1, -0.05) is 6.07 Å². The van der Waals surface area contributed by atoms with Gasteiger partial charge in [0.1, 0.15) is 11.3 Å². The summed E-state index contributed by atoms with van der Waals surface area (Å²) in [6.45, 7) is 1.45. The molecule has 1 unspecified atom stereocenters. The molecule has 1 aromatic carbocycles. The fourth-order valence-electron chi connectivity index (χ4n) is 1.16. The number of carbonyl (C=O) groups is 1. The quantitative estimate of drug-likeness (QED) is 0.779. The fraction of sp³-hybridized carbons (Fsp3) is 0.300. The number of aromatic hydroxyl groups is 1. The van der Waals surface area contributed by atoms with Crippen LogP contribution in [0.5, 0.6) is 5.75 Å². The number of hydrogen-bond acceptors (Lipinski definition) is 3. The molecule has 0 amide bonds. The van der Waals surface area contributed by atoms with Crippen LogP contribution in [-0.2, 0) is 11.2 Å². The Labute approximate surface area is 95.8 Å². The second-order valence-electron chi connectivity index (χ2n) is 3.69. The first kappa shape index (κ1) is 12.0. The molecule has 0 saturated heterocycles. The predicted octanol–water partition coefficient (Wildman–Crippen LogP) is 1.50. The number of nitrogens with two attached hydrogens (primary N) is 1. The van der Waals surface area contributed by atoms with E-state index >= 15 is 0 Å². The standard InChI is InChI=1S/C10H12BrNO3/c1-10(12,9(14)15)5-6-2-3-8(13)7(11)4-6/h2-4,13H,5,12H2,1H3,(H,14,15). The van der Waals surface area contributed by atoms with Gasteiger partial charge in [0.15, 0.2) is 0 Å². The van der Waals surface area contributed by atoms with Crippen molar-refractivity contribution in [3.05, 3.63) is 28.2 Å². The van der Waals surface area contributed by atoms with E-state index in [0.717, 1.165) is 5.56 Å². The molecule has 0 heterocycles. The van der Waals surface area contributed by atoms with Crippen molar-refractivity contribution in [2.24, 2.45) is 5.73 Å². The number of phenolic OH excluding ortho intramolecular Hbond substituents is 1. The molecule has 0 aromatic heterocycles. The van der Waals surface area contributed by atoms with Crippen LogP contribution >= 0.6 is 15.9 Å². The second-order valence-corrected chi connectivity index (χ2v) is 4.54. The van der Waals surface area contributed by atoms with Crippen molar-refractivity contribution >= 4 is 21.9 Å². The minimum absolute atomic E-state index is 0.118. The van der Waals surface area contributed by atoms with Gasteiger partial charge in [0, 0.05) is 6.42 Å². The van der Waals surface area contributed by atoms with E-state index in [1.165, 1.54) is 13.0 Å². The van der Waals surface area contributed by atoms with Crippen molar-refractivity contribution in [3.63, 3.8) is 0 Å². The molecular weight excluding hydrogens is 262 g/mol. The summed E-state index contributed by atoms with van der Waals surface area (Å²) in [5.74, 6) is -0.931. The molecule has 0 saturated carbocycles. The minimum Gasteiger partial charge on any atom is -0.507 e. The number of aliphatic carboxylic acids is 1. The van der Waals surface area contributed by atoms with Crippen molar-refractivity contribution in [1.82, 2.24) is 0 Å². The van der Waals surface area contributed by atoms with Crippen molar-refractivity contribution in [1.29, 1.82) is 0 Å². The van der Waals surface area contributed by atoms with Gasteiger partial charge < -0.3 is 15.9 Å². The molecule has 1 atom stereocenters. The third-order valence-corrected chi connectivity index (χ3v) is 2.71. The molecule has 5 heteroatoms. The number of rotatable bonds is 3. The van der Waals surface area contributed by atoms with Crippen LogP contribution < -0.4 is 5.73 Å². The van der Waals surface area contributed by atoms with Crippen LogP contribution in [0.15, 0.2) is 22.7 Å². The van der Waals surface area contributed by atoms with E-state index < -0.39 is 11.5 Å². The van der Waals surface area contributed by atoms with E-state index in [0.29, 0.717) is 4.47 Å². The Morgan fingerprint density at radius 1 is 1.60 bits per heavy atom. The molecular formula is C10H12BrNO3. The van der Waals surface area contributed by atoms with Gasteiger partial charge >= 0.3 is 5.97 Å². The van der Waals surface area contributed by atoms with Crippen LogP contribution in [-0.4, -0.2) is 21.7 Å². The Morgan fingerprint density at radius 3 is 2.67 bits per heavy atom. The van der Waals surface area contributed by atoms with Crippen LogP contribution in [0.3, 0.4) is 0 Å². The summed E-state index contributed by atoms with van der Waals surface area (Å²) in [7, 11) is 0. The van der Waals surface area contributed by atoms with Crippen molar-refractivity contribution < 1.29 is 15.0 Å². The highest BCUT2D eigenvalue weighted by atomic mass is 79.9. The highest BCUT2D eigenvalue weighted by Gasteiger charge is 2.28. The summed E-state index contributed by atoms with van der Waals surface area (Å²) in [6.07, 6.45) is 0.210. The molecule has 0 radical (unpaired) electrons. The molecule has 0 spiro atoms. The molecule has 82 valence electrons. The summed E-state index contributed by atoms with van der Waals surface area (Å²) >= 11 is 3.15. The van der Waals surface area contributed by atoms with Gasteiger partial charge in [-0.2, -0.15) is 0 Å². The van der Waals surface area contributed by atoms with Crippen molar-refractivity contribution in [2.75, 3.05) is 0 Å². The van der Waals surface area contributed by atoms with E-state index in [4.69, 9.17) is 10.8 Å². The maximum atomic E-state index is 10.8. The number of carboxylic acid groups (broad SMARTS) is 1. The maximum Gasteiger partial charge on any atom is 0.323 e. The topological polar surface area (TPSA) is 83.5 Å². The molecule has 0 aliphatic heterocycles. The first-order valence-corrected chi connectivity index (χ1v) is 5.12. The lowest BCUT2D eigenvalue weighted by molar-refractivity contribution is -0.142. The normalized spacial score (nSPS) is 14.6. The molecule has 0 bridgehead atoms. The first-order valence-electron chi connectivity index (χ1n) is 4.32. The zero-order valence-electron chi connectivity index (χ0n) is 8.20. The predicted molar refractivity (Wildman–Crippen MR) is 59.7 cm³/mol. The van der Waals surface area contributed by atoms with Crippen LogP contribution in [0.4, 0.5) is 0 Å². The maximum absolute atomic E-state index is 10.8. The Kier molecular flexibility index (Phi) is 3.36. The van der Waals surface area contributed by atoms with Gasteiger partial charge in [-0.3, -0.25) is 4.79 Å². The van der Waals surface area contributed by atoms with Gasteiger partial charge in [-0.05, 0) is 40.5 Å². The average Bonchev–Trinajstić information content (AvgIpc) is 2.10. The van der Waals surface area contributed by atoms with Gasteiger partial charge in [-0.25, -0.2) is 0 Å². The zero-order chi connectivity index (χ0) is 11.6. The molecule has 4 nitrogen and oxygen atoms in total. The Balaban J connectivity index is 2.91. The summed E-state index contributed by atoms with van der Waals surface area (Å²) in [6, 6.07) is 4.80. The van der Waals surface area contributed by atoms with E-state index in [9.17, 15) is 9.90 Å². The number of halogens is 1. The molecule has 0 aliphatic rings. The van der Waals surface area contributed by atoms with Crippen LogP contribution in [0.2, 0.25) is 0 Å². The third kappa shape index (κ3) is 2.94. The Morgan fingerprint density at radius 2 is 2.20 bits per heavy atom. The van der Waals surface area contributed by atoms with Gasteiger partial charge in [0.05, 0.1) is 4.47 Å². The van der Waals surface area contributed by atoms with Crippen LogP contribution in [0.25, 0.3) is 0 Å². The zero-order valence-corrected chi connectivity index (χ0v) is 9.78. The van der Waals surface area contributed by atoms with E-state index in [-0.39, 0.29) is 12.2 Å². The molecule has 0 fully saturated rings. The van der Waals surface area contributed by atoms with Crippen LogP contribution in [0, 0.1) is 0 Å². The Bertz CT molecular complexity index is 390. The Hall–Kier alpha value is -1.07. The molecule has 0 aliphatic carbocycles. The van der Waals surface area contributed by atoms with Crippen molar-refractivity contribution in [3.8, 4) is 5.75 Å². The molecule has 15 heavy (non-hydrogen) atoms. The smallest absolute Gasteiger partial charge is 0.323 e. The number of hydrogen-bond donors (Lipinski definition) is 3. The first-order chi connectivity index (χ1) is 6.83. The second kappa shape index (κ2) is 4.20. The largest absolute Gasteiger partial charge is 0.507 e. The lowest BCUT2D eigenvalue weighted by atomic mass is 9.94. The summed E-state index contributed by atoms with van der Waals surface area (Å²) < 4.78 is 0.529.